The van der Waals surface area contributed by atoms with Gasteiger partial charge in [-0.2, -0.15) is 0 Å². The van der Waals surface area contributed by atoms with E-state index in [0.717, 1.165) is 15.8 Å². The van der Waals surface area contributed by atoms with Gasteiger partial charge in [0.05, 0.1) is 29.3 Å². The molecular weight excluding hydrogens is 318 g/mol. The number of benzene rings is 2. The standard InChI is InChI=1S/C17H16ClNO2S/c18-10-14(12-20-11-13-6-2-1-3-7-13)21-17-19-15-8-4-5-9-16(15)22-17/h1-9,14H,10-12H2/t14-/m1/s1. The van der Waals surface area contributed by atoms with Crippen LogP contribution in [0.25, 0.3) is 10.2 Å². The third-order valence-corrected chi connectivity index (χ3v) is 4.40. The van der Waals surface area contributed by atoms with Gasteiger partial charge in [-0.25, -0.2) is 4.98 Å². The predicted molar refractivity (Wildman–Crippen MR) is 90.9 cm³/mol. The molecule has 114 valence electrons. The molecule has 2 aromatic carbocycles. The summed E-state index contributed by atoms with van der Waals surface area (Å²) in [6.45, 7) is 0.992. The van der Waals surface area contributed by atoms with Gasteiger partial charge in [0.2, 0.25) is 0 Å². The molecule has 0 aliphatic heterocycles. The van der Waals surface area contributed by atoms with E-state index in [2.05, 4.69) is 4.98 Å². The highest BCUT2D eigenvalue weighted by Crippen LogP contribution is 2.28. The second-order valence-corrected chi connectivity index (χ2v) is 6.14. The molecule has 1 atom stereocenters. The Hall–Kier alpha value is -1.62. The van der Waals surface area contributed by atoms with Crippen LogP contribution in [0, 0.1) is 0 Å². The number of thiazole rings is 1. The van der Waals surface area contributed by atoms with Crippen LogP contribution in [-0.2, 0) is 11.3 Å². The highest BCUT2D eigenvalue weighted by atomic mass is 35.5. The zero-order chi connectivity index (χ0) is 15.2. The summed E-state index contributed by atoms with van der Waals surface area (Å²) in [6.07, 6.45) is -0.203. The van der Waals surface area contributed by atoms with Gasteiger partial charge in [-0.3, -0.25) is 0 Å². The molecule has 0 aliphatic carbocycles. The Morgan fingerprint density at radius 1 is 1.05 bits per heavy atom. The van der Waals surface area contributed by atoms with Gasteiger partial charge in [0.15, 0.2) is 0 Å². The molecule has 0 fully saturated rings. The Kier molecular flexibility index (Phi) is 5.27. The number of halogens is 1. The van der Waals surface area contributed by atoms with Crippen molar-refractivity contribution in [3.8, 4) is 5.19 Å². The van der Waals surface area contributed by atoms with Gasteiger partial charge in [-0.15, -0.1) is 11.6 Å². The van der Waals surface area contributed by atoms with E-state index in [-0.39, 0.29) is 6.10 Å². The number of nitrogens with zero attached hydrogens (tertiary/aromatic N) is 1. The van der Waals surface area contributed by atoms with Crippen LogP contribution in [0.1, 0.15) is 5.56 Å². The molecular formula is C17H16ClNO2S. The normalized spacial score (nSPS) is 12.4. The van der Waals surface area contributed by atoms with E-state index >= 15 is 0 Å². The van der Waals surface area contributed by atoms with Gasteiger partial charge in [-0.1, -0.05) is 53.8 Å². The van der Waals surface area contributed by atoms with Crippen molar-refractivity contribution < 1.29 is 9.47 Å². The largest absolute Gasteiger partial charge is 0.463 e. The Bertz CT molecular complexity index is 684. The van der Waals surface area contributed by atoms with Crippen molar-refractivity contribution >= 4 is 33.2 Å². The van der Waals surface area contributed by atoms with E-state index in [0.29, 0.717) is 24.3 Å². The number of hydrogen-bond acceptors (Lipinski definition) is 4. The van der Waals surface area contributed by atoms with Gasteiger partial charge in [0.1, 0.15) is 6.10 Å². The number of hydrogen-bond donors (Lipinski definition) is 0. The zero-order valence-electron chi connectivity index (χ0n) is 11.9. The second-order valence-electron chi connectivity index (χ2n) is 4.84. The Labute approximate surface area is 138 Å². The summed E-state index contributed by atoms with van der Waals surface area (Å²) in [5, 5.41) is 0.634. The van der Waals surface area contributed by atoms with Crippen molar-refractivity contribution in [2.75, 3.05) is 12.5 Å². The molecule has 3 rings (SSSR count). The van der Waals surface area contributed by atoms with Gasteiger partial charge in [0.25, 0.3) is 5.19 Å². The molecule has 22 heavy (non-hydrogen) atoms. The molecule has 0 radical (unpaired) electrons. The lowest BCUT2D eigenvalue weighted by atomic mass is 10.2. The maximum absolute atomic E-state index is 5.97. The molecule has 5 heteroatoms. The summed E-state index contributed by atoms with van der Waals surface area (Å²) < 4.78 is 12.6. The number of alkyl halides is 1. The Morgan fingerprint density at radius 2 is 1.82 bits per heavy atom. The molecule has 0 bridgehead atoms. The third-order valence-electron chi connectivity index (χ3n) is 3.13. The molecule has 0 N–H and O–H groups in total. The first-order chi connectivity index (χ1) is 10.8. The molecule has 3 aromatic rings. The number of ether oxygens (including phenoxy) is 2. The van der Waals surface area contributed by atoms with Crippen molar-refractivity contribution in [3.63, 3.8) is 0 Å². The Morgan fingerprint density at radius 3 is 2.59 bits per heavy atom. The van der Waals surface area contributed by atoms with Crippen molar-refractivity contribution in [2.45, 2.75) is 12.7 Å². The van der Waals surface area contributed by atoms with Crippen LogP contribution in [0.2, 0.25) is 0 Å². The van der Waals surface area contributed by atoms with Gasteiger partial charge < -0.3 is 9.47 Å². The molecule has 0 aliphatic rings. The smallest absolute Gasteiger partial charge is 0.274 e. The van der Waals surface area contributed by atoms with E-state index in [4.69, 9.17) is 21.1 Å². The van der Waals surface area contributed by atoms with Crippen molar-refractivity contribution in [2.24, 2.45) is 0 Å². The SMILES string of the molecule is ClC[C@H](COCc1ccccc1)Oc1nc2ccccc2s1. The monoisotopic (exact) mass is 333 g/mol. The van der Waals surface area contributed by atoms with Crippen LogP contribution in [0.4, 0.5) is 0 Å². The number of para-hydroxylation sites is 1. The number of rotatable bonds is 7. The fraction of sp³-hybridized carbons (Fsp3) is 0.235. The molecule has 3 nitrogen and oxygen atoms in total. The van der Waals surface area contributed by atoms with Gasteiger partial charge >= 0.3 is 0 Å². The number of aromatic nitrogens is 1. The summed E-state index contributed by atoms with van der Waals surface area (Å²) in [5.41, 5.74) is 2.08. The molecule has 0 saturated heterocycles. The van der Waals surface area contributed by atoms with Crippen LogP contribution in [0.15, 0.2) is 54.6 Å². The van der Waals surface area contributed by atoms with E-state index in [1.807, 2.05) is 54.6 Å². The summed E-state index contributed by atoms with van der Waals surface area (Å²) in [7, 11) is 0. The van der Waals surface area contributed by atoms with Crippen LogP contribution >= 0.6 is 22.9 Å². The molecule has 0 unspecified atom stereocenters. The zero-order valence-corrected chi connectivity index (χ0v) is 13.5. The van der Waals surface area contributed by atoms with Crippen LogP contribution in [-0.4, -0.2) is 23.6 Å². The first-order valence-electron chi connectivity index (χ1n) is 7.05. The summed E-state index contributed by atoms with van der Waals surface area (Å²) in [4.78, 5) is 4.45. The van der Waals surface area contributed by atoms with Gasteiger partial charge in [0, 0.05) is 0 Å². The van der Waals surface area contributed by atoms with E-state index in [9.17, 15) is 0 Å². The second kappa shape index (κ2) is 7.58. The van der Waals surface area contributed by atoms with E-state index in [1.165, 1.54) is 11.3 Å². The minimum atomic E-state index is -0.203. The van der Waals surface area contributed by atoms with Crippen molar-refractivity contribution in [1.29, 1.82) is 0 Å². The minimum Gasteiger partial charge on any atom is -0.463 e. The van der Waals surface area contributed by atoms with Crippen LogP contribution < -0.4 is 4.74 Å². The fourth-order valence-electron chi connectivity index (χ4n) is 2.04. The van der Waals surface area contributed by atoms with Crippen molar-refractivity contribution in [1.82, 2.24) is 4.98 Å². The lowest BCUT2D eigenvalue weighted by Crippen LogP contribution is -2.24. The lowest BCUT2D eigenvalue weighted by Gasteiger charge is -2.14. The lowest BCUT2D eigenvalue weighted by molar-refractivity contribution is 0.0507. The molecule has 0 amide bonds. The molecule has 0 saturated carbocycles. The molecule has 0 spiro atoms. The third kappa shape index (κ3) is 3.97. The average molecular weight is 334 g/mol. The topological polar surface area (TPSA) is 31.4 Å². The van der Waals surface area contributed by atoms with Crippen molar-refractivity contribution in [3.05, 3.63) is 60.2 Å². The summed E-state index contributed by atoms with van der Waals surface area (Å²) in [5.74, 6) is 0.366. The minimum absolute atomic E-state index is 0.203. The molecule has 1 heterocycles. The highest BCUT2D eigenvalue weighted by Gasteiger charge is 2.13. The maximum Gasteiger partial charge on any atom is 0.274 e. The maximum atomic E-state index is 5.97. The van der Waals surface area contributed by atoms with E-state index < -0.39 is 0 Å². The predicted octanol–water partition coefficient (Wildman–Crippen LogP) is 4.50. The van der Waals surface area contributed by atoms with E-state index in [1.54, 1.807) is 0 Å². The van der Waals surface area contributed by atoms with Crippen LogP contribution in [0.3, 0.4) is 0 Å². The average Bonchev–Trinajstić information content (AvgIpc) is 2.97. The fourth-order valence-corrected chi connectivity index (χ4v) is 3.07. The first-order valence-corrected chi connectivity index (χ1v) is 8.40. The summed E-state index contributed by atoms with van der Waals surface area (Å²) in [6, 6.07) is 18.0. The first kappa shape index (κ1) is 15.3. The van der Waals surface area contributed by atoms with Crippen LogP contribution in [0.5, 0.6) is 5.19 Å². The quantitative estimate of drug-likeness (QED) is 0.596. The van der Waals surface area contributed by atoms with Gasteiger partial charge in [-0.05, 0) is 17.7 Å². The highest BCUT2D eigenvalue weighted by molar-refractivity contribution is 7.20. The molecule has 1 aromatic heterocycles. The number of fused-ring (bicyclic) bond motifs is 1. The Balaban J connectivity index is 1.55. The summed E-state index contributed by atoms with van der Waals surface area (Å²) >= 11 is 7.49.